The molecule has 0 bridgehead atoms. The molecule has 1 aliphatic rings. The van der Waals surface area contributed by atoms with E-state index in [1.165, 1.54) is 5.56 Å². The van der Waals surface area contributed by atoms with Gasteiger partial charge in [-0.3, -0.25) is 9.59 Å². The molecule has 0 radical (unpaired) electrons. The number of ether oxygens (including phenoxy) is 1. The highest BCUT2D eigenvalue weighted by Crippen LogP contribution is 2.25. The van der Waals surface area contributed by atoms with Gasteiger partial charge in [0.15, 0.2) is 0 Å². The van der Waals surface area contributed by atoms with Crippen molar-refractivity contribution in [1.82, 2.24) is 15.2 Å². The molecule has 7 heteroatoms. The molecule has 2 amide bonds. The van der Waals surface area contributed by atoms with Gasteiger partial charge in [0.05, 0.1) is 11.7 Å². The molecule has 2 N–H and O–H groups in total. The van der Waals surface area contributed by atoms with Gasteiger partial charge in [-0.05, 0) is 70.1 Å². The van der Waals surface area contributed by atoms with E-state index in [-0.39, 0.29) is 23.8 Å². The summed E-state index contributed by atoms with van der Waals surface area (Å²) in [6.45, 7) is 10.9. The van der Waals surface area contributed by atoms with Crippen LogP contribution in [0.15, 0.2) is 24.3 Å². The Hall–Kier alpha value is -3.09. The smallest absolute Gasteiger partial charge is 0.340 e. The maximum atomic E-state index is 13.1. The minimum Gasteiger partial charge on any atom is -0.459 e. The minimum absolute atomic E-state index is 0.0483. The fraction of sp³-hybridized carbons (Fsp3) is 0.500. The number of carbonyl (C=O) groups is 3. The summed E-state index contributed by atoms with van der Waals surface area (Å²) in [5, 5.41) is 3.02. The summed E-state index contributed by atoms with van der Waals surface area (Å²) in [6, 6.07) is 8.03. The molecule has 1 aromatic heterocycles. The number of aromatic amines is 1. The number of nitrogens with zero attached hydrogens (tertiary/aromatic N) is 1. The molecule has 0 unspecified atom stereocenters. The average Bonchev–Trinajstić information content (AvgIpc) is 3.06. The van der Waals surface area contributed by atoms with E-state index < -0.39 is 5.97 Å². The molecule has 0 saturated carbocycles. The molecule has 2 aromatic rings. The van der Waals surface area contributed by atoms with E-state index >= 15 is 0 Å². The molecule has 0 spiro atoms. The SMILES string of the molecule is Cc1ccccc1CNC(=O)CC1CCN(C(=O)c2[nH]c(C)c(C(=O)OC(C)C)c2C)CC1. The van der Waals surface area contributed by atoms with E-state index in [9.17, 15) is 14.4 Å². The van der Waals surface area contributed by atoms with E-state index in [1.807, 2.05) is 31.2 Å². The van der Waals surface area contributed by atoms with Crippen LogP contribution in [-0.4, -0.2) is 46.9 Å². The Bertz CT molecular complexity index is 1020. The third-order valence-electron chi connectivity index (χ3n) is 6.31. The second-order valence-electron chi connectivity index (χ2n) is 9.22. The van der Waals surface area contributed by atoms with E-state index in [2.05, 4.69) is 10.3 Å². The Morgan fingerprint density at radius 2 is 1.79 bits per heavy atom. The number of esters is 1. The van der Waals surface area contributed by atoms with Gasteiger partial charge in [-0.25, -0.2) is 4.79 Å². The molecule has 178 valence electrons. The van der Waals surface area contributed by atoms with Crippen molar-refractivity contribution >= 4 is 17.8 Å². The molecule has 3 rings (SSSR count). The van der Waals surface area contributed by atoms with Crippen molar-refractivity contribution in [2.45, 2.75) is 66.5 Å². The number of piperidine rings is 1. The largest absolute Gasteiger partial charge is 0.459 e. The Balaban J connectivity index is 1.52. The van der Waals surface area contributed by atoms with E-state index in [1.54, 1.807) is 32.6 Å². The van der Waals surface area contributed by atoms with Gasteiger partial charge in [0.25, 0.3) is 5.91 Å². The van der Waals surface area contributed by atoms with E-state index in [0.29, 0.717) is 48.6 Å². The first-order chi connectivity index (χ1) is 15.7. The van der Waals surface area contributed by atoms with Crippen LogP contribution in [0.4, 0.5) is 0 Å². The van der Waals surface area contributed by atoms with Crippen molar-refractivity contribution in [1.29, 1.82) is 0 Å². The first kappa shape index (κ1) is 24.6. The van der Waals surface area contributed by atoms with Gasteiger partial charge in [0.2, 0.25) is 5.91 Å². The lowest BCUT2D eigenvalue weighted by atomic mass is 9.93. The molecule has 1 aliphatic heterocycles. The summed E-state index contributed by atoms with van der Waals surface area (Å²) in [6.07, 6.45) is 1.81. The first-order valence-electron chi connectivity index (χ1n) is 11.7. The zero-order valence-corrected chi connectivity index (χ0v) is 20.3. The highest BCUT2D eigenvalue weighted by Gasteiger charge is 2.29. The van der Waals surface area contributed by atoms with Crippen molar-refractivity contribution in [3.05, 3.63) is 57.9 Å². The minimum atomic E-state index is -0.411. The monoisotopic (exact) mass is 453 g/mol. The van der Waals surface area contributed by atoms with Gasteiger partial charge in [-0.2, -0.15) is 0 Å². The maximum Gasteiger partial charge on any atom is 0.340 e. The van der Waals surface area contributed by atoms with Crippen LogP contribution in [-0.2, 0) is 16.1 Å². The Morgan fingerprint density at radius 3 is 2.42 bits per heavy atom. The lowest BCUT2D eigenvalue weighted by Gasteiger charge is -2.31. The van der Waals surface area contributed by atoms with Crippen LogP contribution in [0.5, 0.6) is 0 Å². The third-order valence-corrected chi connectivity index (χ3v) is 6.31. The quantitative estimate of drug-likeness (QED) is 0.619. The molecule has 2 heterocycles. The van der Waals surface area contributed by atoms with Gasteiger partial charge in [0.1, 0.15) is 5.69 Å². The molecule has 0 atom stereocenters. The van der Waals surface area contributed by atoms with Crippen LogP contribution in [0.3, 0.4) is 0 Å². The molecule has 7 nitrogen and oxygen atoms in total. The average molecular weight is 454 g/mol. The van der Waals surface area contributed by atoms with Crippen molar-refractivity contribution in [2.24, 2.45) is 5.92 Å². The van der Waals surface area contributed by atoms with Crippen molar-refractivity contribution in [3.63, 3.8) is 0 Å². The van der Waals surface area contributed by atoms with Crippen LogP contribution in [0.1, 0.15) is 76.3 Å². The number of hydrogen-bond donors (Lipinski definition) is 2. The van der Waals surface area contributed by atoms with Gasteiger partial charge < -0.3 is 19.9 Å². The highest BCUT2D eigenvalue weighted by atomic mass is 16.5. The zero-order valence-electron chi connectivity index (χ0n) is 20.3. The van der Waals surface area contributed by atoms with Crippen LogP contribution < -0.4 is 5.32 Å². The summed E-state index contributed by atoms with van der Waals surface area (Å²) in [4.78, 5) is 42.8. The van der Waals surface area contributed by atoms with Crippen molar-refractivity contribution < 1.29 is 19.1 Å². The number of likely N-dealkylation sites (tertiary alicyclic amines) is 1. The second kappa shape index (κ2) is 10.7. The topological polar surface area (TPSA) is 91.5 Å². The van der Waals surface area contributed by atoms with Crippen molar-refractivity contribution in [2.75, 3.05) is 13.1 Å². The van der Waals surface area contributed by atoms with Gasteiger partial charge in [-0.15, -0.1) is 0 Å². The molecular formula is C26H35N3O4. The molecule has 1 aromatic carbocycles. The number of benzene rings is 1. The number of nitrogens with one attached hydrogen (secondary N) is 2. The Morgan fingerprint density at radius 1 is 1.12 bits per heavy atom. The summed E-state index contributed by atoms with van der Waals surface area (Å²) in [5.41, 5.74) is 4.44. The predicted octanol–water partition coefficient (Wildman–Crippen LogP) is 4.06. The van der Waals surface area contributed by atoms with E-state index in [4.69, 9.17) is 4.74 Å². The lowest BCUT2D eigenvalue weighted by molar-refractivity contribution is -0.122. The first-order valence-corrected chi connectivity index (χ1v) is 11.7. The number of amides is 2. The third kappa shape index (κ3) is 6.03. The number of hydrogen-bond acceptors (Lipinski definition) is 4. The summed E-state index contributed by atoms with van der Waals surface area (Å²) >= 11 is 0. The number of aryl methyl sites for hydroxylation is 2. The summed E-state index contributed by atoms with van der Waals surface area (Å²) < 4.78 is 5.32. The maximum absolute atomic E-state index is 13.1. The predicted molar refractivity (Wildman–Crippen MR) is 127 cm³/mol. The van der Waals surface area contributed by atoms with Gasteiger partial charge >= 0.3 is 5.97 Å². The van der Waals surface area contributed by atoms with Crippen molar-refractivity contribution in [3.8, 4) is 0 Å². The van der Waals surface area contributed by atoms with E-state index in [0.717, 1.165) is 18.4 Å². The highest BCUT2D eigenvalue weighted by molar-refractivity contribution is 6.00. The number of rotatable bonds is 7. The standard InChI is InChI=1S/C26H35N3O4/c1-16(2)33-26(32)23-18(4)24(28-19(23)5)25(31)29-12-10-20(11-13-29)14-22(30)27-15-21-9-7-6-8-17(21)3/h6-9,16,20,28H,10-15H2,1-5H3,(H,27,30). The molecule has 33 heavy (non-hydrogen) atoms. The molecule has 0 aliphatic carbocycles. The molecule has 1 fully saturated rings. The molecule has 1 saturated heterocycles. The van der Waals surface area contributed by atoms with Crippen LogP contribution in [0, 0.1) is 26.7 Å². The second-order valence-corrected chi connectivity index (χ2v) is 9.22. The number of carbonyl (C=O) groups excluding carboxylic acids is 3. The normalized spacial score (nSPS) is 14.4. The van der Waals surface area contributed by atoms with Gasteiger partial charge in [0, 0.05) is 31.7 Å². The Kier molecular flexibility index (Phi) is 7.95. The van der Waals surface area contributed by atoms with Crippen LogP contribution >= 0.6 is 0 Å². The van der Waals surface area contributed by atoms with Gasteiger partial charge in [-0.1, -0.05) is 24.3 Å². The zero-order chi connectivity index (χ0) is 24.1. The summed E-state index contributed by atoms with van der Waals surface area (Å²) in [5.74, 6) is -0.214. The van der Waals surface area contributed by atoms with Crippen LogP contribution in [0.25, 0.3) is 0 Å². The lowest BCUT2D eigenvalue weighted by Crippen LogP contribution is -2.40. The van der Waals surface area contributed by atoms with Crippen LogP contribution in [0.2, 0.25) is 0 Å². The number of H-pyrrole nitrogens is 1. The Labute approximate surface area is 195 Å². The fourth-order valence-electron chi connectivity index (χ4n) is 4.38. The summed E-state index contributed by atoms with van der Waals surface area (Å²) in [7, 11) is 0. The number of aromatic nitrogens is 1. The molecular weight excluding hydrogens is 418 g/mol. The fourth-order valence-corrected chi connectivity index (χ4v) is 4.38.